The Hall–Kier alpha value is -3.90. The number of nitriles is 2. The normalized spacial score (nSPS) is 22.9. The molecule has 0 saturated carbocycles. The summed E-state index contributed by atoms with van der Waals surface area (Å²) < 4.78 is 4.75. The first kappa shape index (κ1) is 19.4. The van der Waals surface area contributed by atoms with Crippen LogP contribution in [0.4, 0.5) is 0 Å². The van der Waals surface area contributed by atoms with Gasteiger partial charge in [-0.05, 0) is 41.8 Å². The van der Waals surface area contributed by atoms with Gasteiger partial charge < -0.3 is 9.64 Å². The van der Waals surface area contributed by atoms with Crippen LogP contribution in [0.5, 0.6) is 0 Å². The molecule has 4 rings (SSSR count). The number of nitrogens with zero attached hydrogens (tertiary/aromatic N) is 3. The average molecular weight is 397 g/mol. The number of fused-ring (bicyclic) bond motifs is 3. The predicted molar refractivity (Wildman–Crippen MR) is 109 cm³/mol. The molecule has 2 aromatic carbocycles. The fraction of sp³-hybridized carbons (Fsp3) is 0.250. The Kier molecular flexibility index (Phi) is 4.64. The molecule has 0 spiro atoms. The molecule has 6 heteroatoms. The lowest BCUT2D eigenvalue weighted by molar-refractivity contribution is -0.121. The van der Waals surface area contributed by atoms with Crippen molar-refractivity contribution in [3.63, 3.8) is 0 Å². The van der Waals surface area contributed by atoms with Crippen LogP contribution in [0.3, 0.4) is 0 Å². The Morgan fingerprint density at radius 3 is 2.33 bits per heavy atom. The highest BCUT2D eigenvalue weighted by Crippen LogP contribution is 2.59. The number of ketones is 1. The first-order valence-electron chi connectivity index (χ1n) is 9.54. The third-order valence-electron chi connectivity index (χ3n) is 6.05. The molecule has 1 fully saturated rings. The van der Waals surface area contributed by atoms with E-state index in [1.807, 2.05) is 41.4 Å². The lowest BCUT2D eigenvalue weighted by atomic mass is 9.67. The van der Waals surface area contributed by atoms with Gasteiger partial charge in [0.1, 0.15) is 0 Å². The number of Topliss-reactive ketones (excluding diaryl/α,β-unsaturated/α-hetero) is 1. The van der Waals surface area contributed by atoms with Crippen LogP contribution in [-0.2, 0) is 9.53 Å². The molecular formula is C24H19N3O3. The molecule has 0 unspecified atom stereocenters. The maximum atomic E-state index is 12.8. The summed E-state index contributed by atoms with van der Waals surface area (Å²) >= 11 is 0. The van der Waals surface area contributed by atoms with E-state index in [2.05, 4.69) is 12.1 Å². The summed E-state index contributed by atoms with van der Waals surface area (Å²) in [6.07, 6.45) is 3.72. The molecule has 6 nitrogen and oxygen atoms in total. The van der Waals surface area contributed by atoms with Crippen LogP contribution in [0, 0.1) is 28.1 Å². The number of ether oxygens (including phenoxy) is 1. The number of esters is 1. The molecule has 0 aliphatic carbocycles. The zero-order valence-corrected chi connectivity index (χ0v) is 16.6. The number of carbonyl (C=O) groups excluding carboxylic acids is 2. The zero-order valence-electron chi connectivity index (χ0n) is 16.6. The molecule has 0 amide bonds. The van der Waals surface area contributed by atoms with E-state index in [1.54, 1.807) is 24.3 Å². The number of benzene rings is 2. The summed E-state index contributed by atoms with van der Waals surface area (Å²) in [5, 5.41) is 20.6. The maximum absolute atomic E-state index is 12.8. The van der Waals surface area contributed by atoms with Gasteiger partial charge in [0.15, 0.2) is 11.2 Å². The van der Waals surface area contributed by atoms with E-state index >= 15 is 0 Å². The van der Waals surface area contributed by atoms with Gasteiger partial charge in [0, 0.05) is 12.1 Å². The summed E-state index contributed by atoms with van der Waals surface area (Å²) in [6.45, 7) is 1.48. The first-order chi connectivity index (χ1) is 14.5. The Bertz CT molecular complexity index is 1120. The predicted octanol–water partition coefficient (Wildman–Crippen LogP) is 3.59. The van der Waals surface area contributed by atoms with E-state index in [-0.39, 0.29) is 5.78 Å². The molecule has 30 heavy (non-hydrogen) atoms. The molecule has 1 saturated heterocycles. The Morgan fingerprint density at radius 2 is 1.73 bits per heavy atom. The molecule has 0 bridgehead atoms. The largest absolute Gasteiger partial charge is 0.465 e. The lowest BCUT2D eigenvalue weighted by Gasteiger charge is -2.34. The minimum Gasteiger partial charge on any atom is -0.465 e. The van der Waals surface area contributed by atoms with Crippen molar-refractivity contribution >= 4 is 17.8 Å². The summed E-state index contributed by atoms with van der Waals surface area (Å²) in [7, 11) is 1.30. The van der Waals surface area contributed by atoms with Gasteiger partial charge in [-0.3, -0.25) is 4.79 Å². The van der Waals surface area contributed by atoms with Crippen LogP contribution in [-0.4, -0.2) is 29.8 Å². The van der Waals surface area contributed by atoms with E-state index in [0.717, 1.165) is 11.1 Å². The van der Waals surface area contributed by atoms with E-state index in [9.17, 15) is 20.1 Å². The summed E-state index contributed by atoms with van der Waals surface area (Å²) in [5.41, 5.74) is 1.32. The fourth-order valence-electron chi connectivity index (χ4n) is 4.77. The minimum absolute atomic E-state index is 0.126. The van der Waals surface area contributed by atoms with Gasteiger partial charge in [0.2, 0.25) is 0 Å². The molecule has 2 aromatic rings. The smallest absolute Gasteiger partial charge is 0.337 e. The summed E-state index contributed by atoms with van der Waals surface area (Å²) in [5.74, 6) is -1.28. The number of hydrogen-bond acceptors (Lipinski definition) is 6. The van der Waals surface area contributed by atoms with Gasteiger partial charge in [-0.15, -0.1) is 0 Å². The SMILES string of the molecule is COC(=O)c1ccc([C@@H]2[C@H](C(C)=O)N3C=Cc4ccccc4[C@H]3C2(C#N)C#N)cc1. The van der Waals surface area contributed by atoms with Crippen LogP contribution >= 0.6 is 0 Å². The zero-order chi connectivity index (χ0) is 21.5. The van der Waals surface area contributed by atoms with E-state index in [1.165, 1.54) is 14.0 Å². The second-order valence-electron chi connectivity index (χ2n) is 7.53. The highest BCUT2D eigenvalue weighted by molar-refractivity contribution is 5.89. The molecule has 0 aromatic heterocycles. The van der Waals surface area contributed by atoms with Gasteiger partial charge in [0.05, 0.1) is 36.9 Å². The van der Waals surface area contributed by atoms with Crippen molar-refractivity contribution in [2.75, 3.05) is 7.11 Å². The molecule has 3 atom stereocenters. The van der Waals surface area contributed by atoms with Crippen molar-refractivity contribution in [1.82, 2.24) is 4.90 Å². The maximum Gasteiger partial charge on any atom is 0.337 e. The Morgan fingerprint density at radius 1 is 1.07 bits per heavy atom. The van der Waals surface area contributed by atoms with Crippen LogP contribution in [0.1, 0.15) is 45.9 Å². The number of rotatable bonds is 3. The number of carbonyl (C=O) groups is 2. The number of methoxy groups -OCH3 is 1. The van der Waals surface area contributed by atoms with Crippen LogP contribution in [0.25, 0.3) is 6.08 Å². The van der Waals surface area contributed by atoms with Crippen molar-refractivity contribution < 1.29 is 14.3 Å². The average Bonchev–Trinajstić information content (AvgIpc) is 3.10. The second-order valence-corrected chi connectivity index (χ2v) is 7.53. The van der Waals surface area contributed by atoms with Crippen LogP contribution < -0.4 is 0 Å². The molecule has 148 valence electrons. The third kappa shape index (κ3) is 2.62. The highest BCUT2D eigenvalue weighted by Gasteiger charge is 2.63. The van der Waals surface area contributed by atoms with Crippen molar-refractivity contribution in [3.8, 4) is 12.1 Å². The van der Waals surface area contributed by atoms with Crippen molar-refractivity contribution in [1.29, 1.82) is 10.5 Å². The van der Waals surface area contributed by atoms with Crippen molar-refractivity contribution in [2.24, 2.45) is 5.41 Å². The lowest BCUT2D eigenvalue weighted by Crippen LogP contribution is -2.36. The van der Waals surface area contributed by atoms with Gasteiger partial charge >= 0.3 is 5.97 Å². The molecule has 2 heterocycles. The summed E-state index contributed by atoms with van der Waals surface area (Å²) in [6, 6.07) is 17.5. The third-order valence-corrected chi connectivity index (χ3v) is 6.05. The second kappa shape index (κ2) is 7.17. The summed E-state index contributed by atoms with van der Waals surface area (Å²) in [4.78, 5) is 26.4. The fourth-order valence-corrected chi connectivity index (χ4v) is 4.77. The first-order valence-corrected chi connectivity index (χ1v) is 9.54. The van der Waals surface area contributed by atoms with Crippen LogP contribution in [0.15, 0.2) is 54.7 Å². The number of hydrogen-bond donors (Lipinski definition) is 0. The topological polar surface area (TPSA) is 94.2 Å². The van der Waals surface area contributed by atoms with Gasteiger partial charge in [-0.25, -0.2) is 4.79 Å². The van der Waals surface area contributed by atoms with Gasteiger partial charge in [-0.2, -0.15) is 10.5 Å². The molecular weight excluding hydrogens is 378 g/mol. The monoisotopic (exact) mass is 397 g/mol. The minimum atomic E-state index is -1.48. The van der Waals surface area contributed by atoms with E-state index in [4.69, 9.17) is 4.74 Å². The quantitative estimate of drug-likeness (QED) is 0.735. The highest BCUT2D eigenvalue weighted by atomic mass is 16.5. The molecule has 0 N–H and O–H groups in total. The van der Waals surface area contributed by atoms with Gasteiger partial charge in [0.25, 0.3) is 0 Å². The molecule has 2 aliphatic heterocycles. The molecule has 2 aliphatic rings. The van der Waals surface area contributed by atoms with Crippen molar-refractivity contribution in [2.45, 2.75) is 24.9 Å². The van der Waals surface area contributed by atoms with E-state index in [0.29, 0.717) is 11.1 Å². The van der Waals surface area contributed by atoms with Crippen LogP contribution in [0.2, 0.25) is 0 Å². The Balaban J connectivity index is 1.92. The Labute approximate surface area is 174 Å². The van der Waals surface area contributed by atoms with Crippen molar-refractivity contribution in [3.05, 3.63) is 77.0 Å². The van der Waals surface area contributed by atoms with Gasteiger partial charge in [-0.1, -0.05) is 36.4 Å². The molecule has 0 radical (unpaired) electrons. The van der Waals surface area contributed by atoms with E-state index < -0.39 is 29.4 Å². The standard InChI is InChI=1S/C24H19N3O3/c1-15(28)21-20(17-7-9-18(10-8-17)23(29)30-2)24(13-25,14-26)22-19-6-4-3-5-16(19)11-12-27(21)22/h3-12,20-22H,1-2H3/t20-,21+,22+/m1/s1.